The topological polar surface area (TPSA) is 119 Å². The molecule has 8 heteroatoms. The monoisotopic (exact) mass is 598 g/mol. The summed E-state index contributed by atoms with van der Waals surface area (Å²) in [6, 6.07) is 24.0. The predicted octanol–water partition coefficient (Wildman–Crippen LogP) is 6.44. The molecule has 1 aromatic heterocycles. The third-order valence-electron chi connectivity index (χ3n) is 8.72. The molecule has 1 N–H and O–H groups in total. The summed E-state index contributed by atoms with van der Waals surface area (Å²) in [5, 5.41) is 29.1. The molecule has 3 aromatic carbocycles. The van der Waals surface area contributed by atoms with Crippen molar-refractivity contribution in [3.63, 3.8) is 0 Å². The number of rotatable bonds is 10. The second kappa shape index (κ2) is 13.6. The van der Waals surface area contributed by atoms with Crippen molar-refractivity contribution < 1.29 is 19.4 Å². The fourth-order valence-corrected chi connectivity index (χ4v) is 6.50. The number of carboxylic acid groups (broad SMARTS) is 1. The summed E-state index contributed by atoms with van der Waals surface area (Å²) in [6.45, 7) is 2.39. The van der Waals surface area contributed by atoms with Gasteiger partial charge in [-0.15, -0.1) is 0 Å². The molecule has 2 aliphatic rings. The lowest BCUT2D eigenvalue weighted by atomic mass is 9.95. The van der Waals surface area contributed by atoms with Gasteiger partial charge in [0.2, 0.25) is 0 Å². The van der Waals surface area contributed by atoms with Gasteiger partial charge in [0.05, 0.1) is 17.0 Å². The van der Waals surface area contributed by atoms with E-state index in [1.165, 1.54) is 11.8 Å². The molecule has 0 spiro atoms. The van der Waals surface area contributed by atoms with Gasteiger partial charge in [0.25, 0.3) is 0 Å². The van der Waals surface area contributed by atoms with Gasteiger partial charge in [0, 0.05) is 48.2 Å². The molecular weight excluding hydrogens is 564 g/mol. The Labute approximate surface area is 263 Å². The average molecular weight is 599 g/mol. The van der Waals surface area contributed by atoms with E-state index < -0.39 is 5.97 Å². The van der Waals surface area contributed by atoms with Gasteiger partial charge in [-0.3, -0.25) is 14.7 Å². The first-order valence-corrected chi connectivity index (χ1v) is 15.3. The lowest BCUT2D eigenvalue weighted by Crippen LogP contribution is -2.38. The largest absolute Gasteiger partial charge is 0.488 e. The van der Waals surface area contributed by atoms with Gasteiger partial charge < -0.3 is 14.6 Å². The van der Waals surface area contributed by atoms with Crippen LogP contribution in [0.15, 0.2) is 73.1 Å². The fourth-order valence-electron chi connectivity index (χ4n) is 6.50. The number of hydrogen-bond donors (Lipinski definition) is 1. The second-order valence-electron chi connectivity index (χ2n) is 11.7. The summed E-state index contributed by atoms with van der Waals surface area (Å²) >= 11 is 0. The first kappa shape index (κ1) is 29.9. The van der Waals surface area contributed by atoms with Gasteiger partial charge in [-0.05, 0) is 67.0 Å². The van der Waals surface area contributed by atoms with Crippen LogP contribution in [-0.4, -0.2) is 34.0 Å². The lowest BCUT2D eigenvalue weighted by molar-refractivity contribution is -0.143. The van der Waals surface area contributed by atoms with Crippen LogP contribution in [0.2, 0.25) is 0 Å². The Morgan fingerprint density at radius 3 is 2.56 bits per heavy atom. The molecule has 1 atom stereocenters. The smallest absolute Gasteiger partial charge is 0.307 e. The number of fused-ring (bicyclic) bond motifs is 1. The van der Waals surface area contributed by atoms with Crippen molar-refractivity contribution in [1.82, 2.24) is 9.88 Å². The van der Waals surface area contributed by atoms with E-state index >= 15 is 0 Å². The Balaban J connectivity index is 1.32. The zero-order valence-corrected chi connectivity index (χ0v) is 25.0. The van der Waals surface area contributed by atoms with Gasteiger partial charge >= 0.3 is 5.97 Å². The zero-order valence-electron chi connectivity index (χ0n) is 25.0. The number of benzene rings is 3. The zero-order chi connectivity index (χ0) is 31.2. The second-order valence-corrected chi connectivity index (χ2v) is 11.7. The Morgan fingerprint density at radius 1 is 0.933 bits per heavy atom. The van der Waals surface area contributed by atoms with E-state index in [1.807, 2.05) is 54.6 Å². The van der Waals surface area contributed by atoms with Crippen molar-refractivity contribution in [2.24, 2.45) is 5.92 Å². The van der Waals surface area contributed by atoms with Gasteiger partial charge in [-0.2, -0.15) is 10.5 Å². The van der Waals surface area contributed by atoms with Crippen LogP contribution in [0, 0.1) is 28.6 Å². The highest BCUT2D eigenvalue weighted by atomic mass is 16.5. The highest BCUT2D eigenvalue weighted by Crippen LogP contribution is 2.41. The third-order valence-corrected chi connectivity index (χ3v) is 8.72. The Hall–Kier alpha value is -5.18. The van der Waals surface area contributed by atoms with Crippen LogP contribution < -0.4 is 9.47 Å². The molecular formula is C37H34N4O4. The summed E-state index contributed by atoms with van der Waals surface area (Å²) in [4.78, 5) is 18.2. The fraction of sp³-hybridized carbons (Fsp3) is 0.297. The highest BCUT2D eigenvalue weighted by molar-refractivity contribution is 5.72. The maximum absolute atomic E-state index is 11.8. The maximum Gasteiger partial charge on any atom is 0.307 e. The van der Waals surface area contributed by atoms with Gasteiger partial charge in [-0.25, -0.2) is 0 Å². The Morgan fingerprint density at radius 2 is 1.76 bits per heavy atom. The van der Waals surface area contributed by atoms with E-state index in [0.717, 1.165) is 71.4 Å². The summed E-state index contributed by atoms with van der Waals surface area (Å²) in [6.07, 6.45) is 7.49. The number of piperidine rings is 1. The van der Waals surface area contributed by atoms with E-state index in [1.54, 1.807) is 12.3 Å². The highest BCUT2D eigenvalue weighted by Gasteiger charge is 2.29. The van der Waals surface area contributed by atoms with E-state index in [-0.39, 0.29) is 19.1 Å². The predicted molar refractivity (Wildman–Crippen MR) is 168 cm³/mol. The molecule has 1 fully saturated rings. The molecule has 45 heavy (non-hydrogen) atoms. The molecule has 226 valence electrons. The van der Waals surface area contributed by atoms with Crippen LogP contribution in [-0.2, 0) is 37.4 Å². The molecule has 1 saturated heterocycles. The standard InChI is InChI=1S/C37H34N4O4/c38-17-25-15-26(20-40-19-25)23-44-36-16-35(45-24-29-9-4-11-30(33(29)18-39)27-7-2-1-3-8-27)32-13-5-12-31(32)34(36)22-41-14-6-10-28(21-41)37(42)43/h1-4,7-9,11,15-16,19-20,28H,5-6,10,12-14,21-24H2,(H,42,43). The molecule has 0 radical (unpaired) electrons. The van der Waals surface area contributed by atoms with Crippen LogP contribution >= 0.6 is 0 Å². The van der Waals surface area contributed by atoms with Crippen molar-refractivity contribution >= 4 is 5.97 Å². The number of nitrogens with zero attached hydrogens (tertiary/aromatic N) is 4. The Bertz CT molecular complexity index is 1790. The van der Waals surface area contributed by atoms with Gasteiger partial charge in [-0.1, -0.05) is 48.5 Å². The number of likely N-dealkylation sites (tertiary alicyclic amines) is 1. The number of ether oxygens (including phenoxy) is 2. The van der Waals surface area contributed by atoms with Gasteiger partial charge in [0.15, 0.2) is 0 Å². The summed E-state index contributed by atoms with van der Waals surface area (Å²) in [5.74, 6) is 0.299. The molecule has 1 aliphatic carbocycles. The van der Waals surface area contributed by atoms with Gasteiger partial charge in [0.1, 0.15) is 36.9 Å². The van der Waals surface area contributed by atoms with Crippen LogP contribution in [0.5, 0.6) is 11.5 Å². The average Bonchev–Trinajstić information content (AvgIpc) is 3.58. The Kier molecular flexibility index (Phi) is 9.05. The molecule has 0 amide bonds. The van der Waals surface area contributed by atoms with Crippen LogP contribution in [0.3, 0.4) is 0 Å². The minimum Gasteiger partial charge on any atom is -0.488 e. The lowest BCUT2D eigenvalue weighted by Gasteiger charge is -2.32. The summed E-state index contributed by atoms with van der Waals surface area (Å²) < 4.78 is 13.0. The van der Waals surface area contributed by atoms with E-state index in [9.17, 15) is 20.4 Å². The van der Waals surface area contributed by atoms with Crippen LogP contribution in [0.4, 0.5) is 0 Å². The van der Waals surface area contributed by atoms with E-state index in [4.69, 9.17) is 9.47 Å². The molecule has 4 aromatic rings. The molecule has 8 nitrogen and oxygen atoms in total. The first-order chi connectivity index (χ1) is 22.0. The van der Waals surface area contributed by atoms with E-state index in [0.29, 0.717) is 36.4 Å². The van der Waals surface area contributed by atoms with Crippen molar-refractivity contribution in [2.45, 2.75) is 51.9 Å². The number of carboxylic acids is 1. The molecule has 2 heterocycles. The number of pyridine rings is 1. The number of carbonyl (C=O) groups is 1. The number of nitriles is 2. The first-order valence-electron chi connectivity index (χ1n) is 15.3. The summed E-state index contributed by atoms with van der Waals surface area (Å²) in [7, 11) is 0. The van der Waals surface area contributed by atoms with Crippen LogP contribution in [0.25, 0.3) is 11.1 Å². The maximum atomic E-state index is 11.8. The minimum atomic E-state index is -0.747. The normalized spacial score (nSPS) is 15.9. The summed E-state index contributed by atoms with van der Waals surface area (Å²) in [5.41, 5.74) is 7.91. The van der Waals surface area contributed by atoms with Crippen molar-refractivity contribution in [3.05, 3.63) is 112 Å². The molecule has 0 saturated carbocycles. The van der Waals surface area contributed by atoms with Crippen molar-refractivity contribution in [3.8, 4) is 34.8 Å². The number of hydrogen-bond acceptors (Lipinski definition) is 7. The SMILES string of the molecule is N#Cc1cncc(COc2cc(OCc3cccc(-c4ccccc4)c3C#N)c3c(c2CN2CCCC(C(=O)O)C2)CCC3)c1. The molecule has 0 bridgehead atoms. The number of aromatic nitrogens is 1. The quantitative estimate of drug-likeness (QED) is 0.222. The minimum absolute atomic E-state index is 0.225. The van der Waals surface area contributed by atoms with E-state index in [2.05, 4.69) is 22.0 Å². The molecule has 6 rings (SSSR count). The van der Waals surface area contributed by atoms with Crippen LogP contribution in [0.1, 0.15) is 58.2 Å². The molecule has 1 aliphatic heterocycles. The third kappa shape index (κ3) is 6.67. The van der Waals surface area contributed by atoms with Crippen molar-refractivity contribution in [2.75, 3.05) is 13.1 Å². The number of aliphatic carboxylic acids is 1. The van der Waals surface area contributed by atoms with Crippen molar-refractivity contribution in [1.29, 1.82) is 10.5 Å². The molecule has 1 unspecified atom stereocenters.